The summed E-state index contributed by atoms with van der Waals surface area (Å²) in [6.45, 7) is 0. The van der Waals surface area contributed by atoms with Crippen molar-refractivity contribution >= 4 is 49.8 Å². The summed E-state index contributed by atoms with van der Waals surface area (Å²) in [5, 5.41) is 17.5. The van der Waals surface area contributed by atoms with E-state index in [1.807, 2.05) is 78.9 Å². The van der Waals surface area contributed by atoms with Crippen molar-refractivity contribution in [2.24, 2.45) is 5.10 Å². The van der Waals surface area contributed by atoms with Crippen molar-refractivity contribution in [2.75, 3.05) is 5.43 Å². The van der Waals surface area contributed by atoms with Crippen molar-refractivity contribution in [3.63, 3.8) is 0 Å². The zero-order chi connectivity index (χ0) is 21.2. The van der Waals surface area contributed by atoms with Crippen molar-refractivity contribution in [1.29, 1.82) is 0 Å². The monoisotopic (exact) mass is 468 g/mol. The standard InChI is InChI=1S/C25H17BrN4O/c26-20-10-11-22-21(14-20)24(16-6-2-1-3-7-16)29-25(28-22)30-27-15-19-12-17-8-4-5-9-18(17)13-23(19)31/h1-15,31H,(H,28,29,30)/b27-15+. The number of benzene rings is 4. The fourth-order valence-corrected chi connectivity index (χ4v) is 3.84. The van der Waals surface area contributed by atoms with Gasteiger partial charge in [0.2, 0.25) is 5.95 Å². The third-order valence-corrected chi connectivity index (χ3v) is 5.46. The van der Waals surface area contributed by atoms with E-state index in [1.54, 1.807) is 12.3 Å². The van der Waals surface area contributed by atoms with Gasteiger partial charge in [-0.05, 0) is 41.1 Å². The number of phenols is 1. The minimum atomic E-state index is 0.165. The van der Waals surface area contributed by atoms with Crippen LogP contribution in [0.15, 0.2) is 94.5 Å². The van der Waals surface area contributed by atoms with Gasteiger partial charge in [-0.15, -0.1) is 0 Å². The van der Waals surface area contributed by atoms with Gasteiger partial charge in [-0.25, -0.2) is 15.4 Å². The lowest BCUT2D eigenvalue weighted by Gasteiger charge is -2.09. The van der Waals surface area contributed by atoms with E-state index in [9.17, 15) is 5.11 Å². The SMILES string of the molecule is Oc1cc2ccccc2cc1/C=N/Nc1nc(-c2ccccc2)c2cc(Br)ccc2n1. The molecule has 0 saturated heterocycles. The molecule has 0 fully saturated rings. The van der Waals surface area contributed by atoms with Crippen LogP contribution in [-0.4, -0.2) is 21.3 Å². The van der Waals surface area contributed by atoms with E-state index in [4.69, 9.17) is 4.98 Å². The predicted octanol–water partition coefficient (Wildman–Crippen LogP) is 6.36. The summed E-state index contributed by atoms with van der Waals surface area (Å²) in [5.41, 5.74) is 6.14. The van der Waals surface area contributed by atoms with Crippen LogP contribution in [0.1, 0.15) is 5.56 Å². The minimum absolute atomic E-state index is 0.165. The highest BCUT2D eigenvalue weighted by atomic mass is 79.9. The smallest absolute Gasteiger partial charge is 0.244 e. The maximum Gasteiger partial charge on any atom is 0.244 e. The Morgan fingerprint density at radius 3 is 2.39 bits per heavy atom. The number of anilines is 1. The minimum Gasteiger partial charge on any atom is -0.507 e. The fourth-order valence-electron chi connectivity index (χ4n) is 3.48. The number of hydrazone groups is 1. The maximum atomic E-state index is 10.3. The van der Waals surface area contributed by atoms with E-state index in [0.717, 1.165) is 37.4 Å². The first-order chi connectivity index (χ1) is 15.2. The van der Waals surface area contributed by atoms with E-state index in [2.05, 4.69) is 31.4 Å². The molecule has 0 atom stereocenters. The second-order valence-electron chi connectivity index (χ2n) is 7.05. The van der Waals surface area contributed by atoms with Gasteiger partial charge in [-0.3, -0.25) is 0 Å². The highest BCUT2D eigenvalue weighted by Crippen LogP contribution is 2.29. The van der Waals surface area contributed by atoms with Crippen LogP contribution in [0, 0.1) is 0 Å². The number of aromatic hydroxyl groups is 1. The first-order valence-corrected chi connectivity index (χ1v) is 10.5. The number of nitrogens with zero attached hydrogens (tertiary/aromatic N) is 3. The Kier molecular flexibility index (Phi) is 5.06. The maximum absolute atomic E-state index is 10.3. The topological polar surface area (TPSA) is 70.4 Å². The molecular weight excluding hydrogens is 452 g/mol. The molecule has 0 amide bonds. The zero-order valence-electron chi connectivity index (χ0n) is 16.3. The molecule has 5 aromatic rings. The summed E-state index contributed by atoms with van der Waals surface area (Å²) in [7, 11) is 0. The van der Waals surface area contributed by atoms with Gasteiger partial charge in [0.25, 0.3) is 0 Å². The third kappa shape index (κ3) is 3.98. The van der Waals surface area contributed by atoms with Crippen molar-refractivity contribution in [1.82, 2.24) is 9.97 Å². The van der Waals surface area contributed by atoms with E-state index in [0.29, 0.717) is 11.5 Å². The van der Waals surface area contributed by atoms with E-state index >= 15 is 0 Å². The molecular formula is C25H17BrN4O. The van der Waals surface area contributed by atoms with Crippen LogP contribution < -0.4 is 5.43 Å². The van der Waals surface area contributed by atoms with Gasteiger partial charge in [0, 0.05) is 21.0 Å². The fraction of sp³-hybridized carbons (Fsp3) is 0. The summed E-state index contributed by atoms with van der Waals surface area (Å²) in [4.78, 5) is 9.28. The highest BCUT2D eigenvalue weighted by Gasteiger charge is 2.10. The van der Waals surface area contributed by atoms with Crippen molar-refractivity contribution in [2.45, 2.75) is 0 Å². The molecule has 5 rings (SSSR count). The molecule has 0 unspecified atom stereocenters. The van der Waals surface area contributed by atoms with Crippen LogP contribution in [0.4, 0.5) is 5.95 Å². The zero-order valence-corrected chi connectivity index (χ0v) is 17.9. The molecule has 6 heteroatoms. The Morgan fingerprint density at radius 1 is 0.839 bits per heavy atom. The summed E-state index contributed by atoms with van der Waals surface area (Å²) >= 11 is 3.53. The average molecular weight is 469 g/mol. The van der Waals surface area contributed by atoms with Crippen LogP contribution >= 0.6 is 15.9 Å². The van der Waals surface area contributed by atoms with Crippen LogP contribution in [-0.2, 0) is 0 Å². The summed E-state index contributed by atoms with van der Waals surface area (Å²) in [6, 6.07) is 27.4. The van der Waals surface area contributed by atoms with Crippen molar-refractivity contribution in [3.05, 3.63) is 95.0 Å². The molecule has 0 aliphatic heterocycles. The van der Waals surface area contributed by atoms with Crippen LogP contribution in [0.25, 0.3) is 32.9 Å². The van der Waals surface area contributed by atoms with Crippen LogP contribution in [0.2, 0.25) is 0 Å². The largest absolute Gasteiger partial charge is 0.507 e. The van der Waals surface area contributed by atoms with Crippen LogP contribution in [0.5, 0.6) is 5.75 Å². The molecule has 0 aliphatic carbocycles. The Morgan fingerprint density at radius 2 is 1.58 bits per heavy atom. The first kappa shape index (κ1) is 19.2. The Hall–Kier alpha value is -3.77. The lowest BCUT2D eigenvalue weighted by Crippen LogP contribution is -2.00. The quantitative estimate of drug-likeness (QED) is 0.237. The Balaban J connectivity index is 1.51. The number of hydrogen-bond donors (Lipinski definition) is 2. The van der Waals surface area contributed by atoms with E-state index < -0.39 is 0 Å². The molecule has 150 valence electrons. The van der Waals surface area contributed by atoms with Gasteiger partial charge in [0.05, 0.1) is 17.4 Å². The Bertz CT molecular complexity index is 1430. The van der Waals surface area contributed by atoms with Gasteiger partial charge >= 0.3 is 0 Å². The molecule has 0 radical (unpaired) electrons. The van der Waals surface area contributed by atoms with E-state index in [-0.39, 0.29) is 5.75 Å². The molecule has 0 bridgehead atoms. The molecule has 0 saturated carbocycles. The van der Waals surface area contributed by atoms with Crippen LogP contribution in [0.3, 0.4) is 0 Å². The number of nitrogens with one attached hydrogen (secondary N) is 1. The normalized spacial score (nSPS) is 11.4. The van der Waals surface area contributed by atoms with Gasteiger partial charge in [-0.1, -0.05) is 70.5 Å². The second kappa shape index (κ2) is 8.16. The first-order valence-electron chi connectivity index (χ1n) is 9.71. The van der Waals surface area contributed by atoms with Crippen molar-refractivity contribution < 1.29 is 5.11 Å². The molecule has 1 heterocycles. The van der Waals surface area contributed by atoms with Gasteiger partial charge in [-0.2, -0.15) is 5.10 Å². The Labute approximate surface area is 187 Å². The summed E-state index contributed by atoms with van der Waals surface area (Å²) in [6.07, 6.45) is 1.57. The third-order valence-electron chi connectivity index (χ3n) is 4.97. The molecule has 5 nitrogen and oxygen atoms in total. The molecule has 0 aliphatic rings. The summed E-state index contributed by atoms with van der Waals surface area (Å²) < 4.78 is 0.964. The molecule has 4 aromatic carbocycles. The number of rotatable bonds is 4. The van der Waals surface area contributed by atoms with Gasteiger partial charge in [0.1, 0.15) is 5.75 Å². The lowest BCUT2D eigenvalue weighted by atomic mass is 10.1. The lowest BCUT2D eigenvalue weighted by molar-refractivity contribution is 0.475. The van der Waals surface area contributed by atoms with Gasteiger partial charge < -0.3 is 5.11 Å². The number of fused-ring (bicyclic) bond motifs is 2. The molecule has 31 heavy (non-hydrogen) atoms. The highest BCUT2D eigenvalue weighted by molar-refractivity contribution is 9.10. The number of halogens is 1. The average Bonchev–Trinajstić information content (AvgIpc) is 2.79. The summed E-state index contributed by atoms with van der Waals surface area (Å²) in [5.74, 6) is 0.545. The van der Waals surface area contributed by atoms with Gasteiger partial charge in [0.15, 0.2) is 0 Å². The molecule has 1 aromatic heterocycles. The number of aromatic nitrogens is 2. The number of phenolic OH excluding ortho intramolecular Hbond substituents is 1. The molecule has 0 spiro atoms. The van der Waals surface area contributed by atoms with Crippen molar-refractivity contribution in [3.8, 4) is 17.0 Å². The van der Waals surface area contributed by atoms with E-state index in [1.165, 1.54) is 0 Å². The second-order valence-corrected chi connectivity index (χ2v) is 7.97. The molecule has 2 N–H and O–H groups in total. The predicted molar refractivity (Wildman–Crippen MR) is 130 cm³/mol. The number of hydrogen-bond acceptors (Lipinski definition) is 5.